The van der Waals surface area contributed by atoms with E-state index in [1.807, 2.05) is 30.3 Å². The van der Waals surface area contributed by atoms with Gasteiger partial charge in [-0.2, -0.15) is 5.26 Å². The van der Waals surface area contributed by atoms with E-state index in [9.17, 15) is 10.1 Å². The van der Waals surface area contributed by atoms with Crippen molar-refractivity contribution in [2.75, 3.05) is 19.0 Å². The summed E-state index contributed by atoms with van der Waals surface area (Å²) in [5.74, 6) is 1.01. The topological polar surface area (TPSA) is 71.3 Å². The molecule has 0 aliphatic carbocycles. The molecule has 0 aromatic heterocycles. The van der Waals surface area contributed by atoms with E-state index in [1.54, 1.807) is 37.5 Å². The maximum Gasteiger partial charge on any atom is 0.266 e. The van der Waals surface area contributed by atoms with Crippen molar-refractivity contribution in [3.63, 3.8) is 0 Å². The van der Waals surface area contributed by atoms with Gasteiger partial charge in [0.25, 0.3) is 5.91 Å². The lowest BCUT2D eigenvalue weighted by atomic mass is 10.1. The summed E-state index contributed by atoms with van der Waals surface area (Å²) >= 11 is 0. The van der Waals surface area contributed by atoms with Crippen LogP contribution < -0.4 is 14.8 Å². The Balaban J connectivity index is 2.03. The number of carbonyl (C=O) groups excluding carboxylic acids is 1. The van der Waals surface area contributed by atoms with Crippen molar-refractivity contribution in [2.45, 2.75) is 19.8 Å². The summed E-state index contributed by atoms with van der Waals surface area (Å²) in [5.41, 5.74) is 1.38. The fourth-order valence-corrected chi connectivity index (χ4v) is 2.18. The Hall–Kier alpha value is -3.26. The molecule has 5 heteroatoms. The largest absolute Gasteiger partial charge is 0.497 e. The Labute approximate surface area is 153 Å². The van der Waals surface area contributed by atoms with Gasteiger partial charge < -0.3 is 14.8 Å². The second-order valence-electron chi connectivity index (χ2n) is 5.62. The molecule has 0 heterocycles. The van der Waals surface area contributed by atoms with Crippen molar-refractivity contribution < 1.29 is 14.3 Å². The first-order valence-corrected chi connectivity index (χ1v) is 8.46. The van der Waals surface area contributed by atoms with Crippen LogP contribution in [0.2, 0.25) is 0 Å². The number of methoxy groups -OCH3 is 1. The van der Waals surface area contributed by atoms with Gasteiger partial charge in [0.05, 0.1) is 13.7 Å². The molecule has 2 rings (SSSR count). The highest BCUT2D eigenvalue weighted by molar-refractivity contribution is 6.09. The highest BCUT2D eigenvalue weighted by Gasteiger charge is 2.09. The van der Waals surface area contributed by atoms with Crippen molar-refractivity contribution in [1.29, 1.82) is 5.26 Å². The summed E-state index contributed by atoms with van der Waals surface area (Å²) in [5, 5.41) is 12.0. The van der Waals surface area contributed by atoms with Gasteiger partial charge in [-0.05, 0) is 54.5 Å². The van der Waals surface area contributed by atoms with E-state index in [0.717, 1.165) is 24.2 Å². The van der Waals surface area contributed by atoms with Gasteiger partial charge in [-0.25, -0.2) is 0 Å². The normalized spacial score (nSPS) is 10.7. The summed E-state index contributed by atoms with van der Waals surface area (Å²) < 4.78 is 10.7. The lowest BCUT2D eigenvalue weighted by Crippen LogP contribution is -2.13. The van der Waals surface area contributed by atoms with Gasteiger partial charge in [-0.3, -0.25) is 4.79 Å². The predicted octanol–water partition coefficient (Wildman–Crippen LogP) is 4.42. The lowest BCUT2D eigenvalue weighted by molar-refractivity contribution is -0.112. The Morgan fingerprint density at radius 3 is 2.35 bits per heavy atom. The highest BCUT2D eigenvalue weighted by atomic mass is 16.5. The third-order valence-corrected chi connectivity index (χ3v) is 3.67. The van der Waals surface area contributed by atoms with Crippen molar-refractivity contribution in [1.82, 2.24) is 0 Å². The molecule has 0 aliphatic heterocycles. The lowest BCUT2D eigenvalue weighted by Gasteiger charge is -2.06. The Kier molecular flexibility index (Phi) is 7.26. The molecule has 2 aromatic rings. The molecular weight excluding hydrogens is 328 g/mol. The number of nitriles is 1. The number of benzene rings is 2. The molecule has 134 valence electrons. The molecule has 0 atom stereocenters. The van der Waals surface area contributed by atoms with Crippen LogP contribution in [0.15, 0.2) is 54.1 Å². The number of anilines is 1. The van der Waals surface area contributed by atoms with E-state index < -0.39 is 5.91 Å². The number of rotatable bonds is 8. The van der Waals surface area contributed by atoms with Gasteiger partial charge >= 0.3 is 0 Å². The van der Waals surface area contributed by atoms with Crippen LogP contribution in [-0.4, -0.2) is 19.6 Å². The number of amides is 1. The van der Waals surface area contributed by atoms with Gasteiger partial charge in [0.2, 0.25) is 0 Å². The summed E-state index contributed by atoms with van der Waals surface area (Å²) in [6.45, 7) is 2.79. The summed E-state index contributed by atoms with van der Waals surface area (Å²) in [7, 11) is 1.57. The molecule has 0 fully saturated rings. The molecule has 2 aromatic carbocycles. The standard InChI is InChI=1S/C21H22N2O3/c1-3-4-13-26-20-9-5-16(6-10-20)14-17(15-22)21(24)23-18-7-11-19(25-2)12-8-18/h5-12,14H,3-4,13H2,1-2H3,(H,23,24)/b17-14-. The van der Waals surface area contributed by atoms with E-state index in [-0.39, 0.29) is 5.57 Å². The summed E-state index contributed by atoms with van der Waals surface area (Å²) in [4.78, 5) is 12.3. The first kappa shape index (κ1) is 19.1. The number of carbonyl (C=O) groups is 1. The van der Waals surface area contributed by atoms with Crippen LogP contribution in [0.5, 0.6) is 11.5 Å². The molecule has 0 saturated carbocycles. The summed E-state index contributed by atoms with van der Waals surface area (Å²) in [6, 6.07) is 16.2. The van der Waals surface area contributed by atoms with E-state index in [0.29, 0.717) is 18.0 Å². The molecule has 0 spiro atoms. The maximum absolute atomic E-state index is 12.3. The molecule has 0 radical (unpaired) electrons. The van der Waals surface area contributed by atoms with Crippen LogP contribution in [0.4, 0.5) is 5.69 Å². The van der Waals surface area contributed by atoms with Gasteiger partial charge in [-0.1, -0.05) is 25.5 Å². The first-order valence-electron chi connectivity index (χ1n) is 8.46. The molecule has 0 aliphatic rings. The fourth-order valence-electron chi connectivity index (χ4n) is 2.18. The van der Waals surface area contributed by atoms with Gasteiger partial charge in [0.1, 0.15) is 23.1 Å². The Bertz CT molecular complexity index is 788. The molecule has 26 heavy (non-hydrogen) atoms. The molecule has 1 amide bonds. The van der Waals surface area contributed by atoms with Crippen LogP contribution in [0.1, 0.15) is 25.3 Å². The number of unbranched alkanes of at least 4 members (excludes halogenated alkanes) is 1. The van der Waals surface area contributed by atoms with E-state index in [4.69, 9.17) is 9.47 Å². The van der Waals surface area contributed by atoms with Crippen molar-refractivity contribution >= 4 is 17.7 Å². The van der Waals surface area contributed by atoms with Crippen molar-refractivity contribution in [3.05, 3.63) is 59.7 Å². The maximum atomic E-state index is 12.3. The minimum atomic E-state index is -0.457. The molecule has 0 unspecified atom stereocenters. The van der Waals surface area contributed by atoms with Crippen LogP contribution in [-0.2, 0) is 4.79 Å². The smallest absolute Gasteiger partial charge is 0.266 e. The van der Waals surface area contributed by atoms with Crippen LogP contribution in [0.3, 0.4) is 0 Å². The van der Waals surface area contributed by atoms with Crippen LogP contribution in [0.25, 0.3) is 6.08 Å². The number of ether oxygens (including phenoxy) is 2. The Morgan fingerprint density at radius 2 is 1.77 bits per heavy atom. The SMILES string of the molecule is CCCCOc1ccc(/C=C(/C#N)C(=O)Nc2ccc(OC)cc2)cc1. The minimum Gasteiger partial charge on any atom is -0.497 e. The van der Waals surface area contributed by atoms with E-state index >= 15 is 0 Å². The predicted molar refractivity (Wildman–Crippen MR) is 102 cm³/mol. The number of nitrogens with zero attached hydrogens (tertiary/aromatic N) is 1. The van der Waals surface area contributed by atoms with E-state index in [2.05, 4.69) is 12.2 Å². The monoisotopic (exact) mass is 350 g/mol. The zero-order valence-corrected chi connectivity index (χ0v) is 15.0. The fraction of sp³-hybridized carbons (Fsp3) is 0.238. The molecule has 0 saturated heterocycles. The van der Waals surface area contributed by atoms with Crippen LogP contribution in [0, 0.1) is 11.3 Å². The quantitative estimate of drug-likeness (QED) is 0.434. The third kappa shape index (κ3) is 5.67. The minimum absolute atomic E-state index is 0.0282. The van der Waals surface area contributed by atoms with Gasteiger partial charge in [-0.15, -0.1) is 0 Å². The van der Waals surface area contributed by atoms with Crippen LogP contribution >= 0.6 is 0 Å². The van der Waals surface area contributed by atoms with Crippen molar-refractivity contribution in [2.24, 2.45) is 0 Å². The first-order chi connectivity index (χ1) is 12.7. The second kappa shape index (κ2) is 9.90. The third-order valence-electron chi connectivity index (χ3n) is 3.67. The average molecular weight is 350 g/mol. The highest BCUT2D eigenvalue weighted by Crippen LogP contribution is 2.18. The number of hydrogen-bond donors (Lipinski definition) is 1. The zero-order valence-electron chi connectivity index (χ0n) is 15.0. The summed E-state index contributed by atoms with van der Waals surface area (Å²) in [6.07, 6.45) is 3.64. The average Bonchev–Trinajstić information content (AvgIpc) is 2.68. The molecular formula is C21H22N2O3. The molecule has 5 nitrogen and oxygen atoms in total. The molecule has 0 bridgehead atoms. The number of nitrogens with one attached hydrogen (secondary N) is 1. The van der Waals surface area contributed by atoms with E-state index in [1.165, 1.54) is 0 Å². The Morgan fingerprint density at radius 1 is 1.12 bits per heavy atom. The van der Waals surface area contributed by atoms with Gasteiger partial charge in [0, 0.05) is 5.69 Å². The number of hydrogen-bond acceptors (Lipinski definition) is 4. The molecule has 1 N–H and O–H groups in total. The van der Waals surface area contributed by atoms with Gasteiger partial charge in [0.15, 0.2) is 0 Å². The second-order valence-corrected chi connectivity index (χ2v) is 5.62. The van der Waals surface area contributed by atoms with Crippen molar-refractivity contribution in [3.8, 4) is 17.6 Å². The zero-order chi connectivity index (χ0) is 18.8.